The first-order valence-electron chi connectivity index (χ1n) is 8.90. The second-order valence-corrected chi connectivity index (χ2v) is 9.56. The van der Waals surface area contributed by atoms with Crippen LogP contribution in [-0.2, 0) is 10.0 Å². The summed E-state index contributed by atoms with van der Waals surface area (Å²) in [7, 11) is -4.34. The van der Waals surface area contributed by atoms with Crippen LogP contribution in [0.15, 0.2) is 47.4 Å². The van der Waals surface area contributed by atoms with Crippen molar-refractivity contribution in [1.82, 2.24) is 14.5 Å². The van der Waals surface area contributed by atoms with E-state index in [4.69, 9.17) is 0 Å². The average Bonchev–Trinajstić information content (AvgIpc) is 3.18. The summed E-state index contributed by atoms with van der Waals surface area (Å²) < 4.78 is 68.8. The minimum absolute atomic E-state index is 0.0298. The van der Waals surface area contributed by atoms with Crippen LogP contribution in [0.2, 0.25) is 0 Å². The summed E-state index contributed by atoms with van der Waals surface area (Å²) in [5.41, 5.74) is 0.324. The summed E-state index contributed by atoms with van der Waals surface area (Å²) in [5.74, 6) is -2.95. The summed E-state index contributed by atoms with van der Waals surface area (Å²) >= 11 is 1.19. The van der Waals surface area contributed by atoms with Crippen LogP contribution in [0.25, 0.3) is 10.6 Å². The first kappa shape index (κ1) is 20.0. The van der Waals surface area contributed by atoms with E-state index in [9.17, 15) is 21.6 Å². The van der Waals surface area contributed by atoms with Crippen molar-refractivity contribution in [3.63, 3.8) is 0 Å². The summed E-state index contributed by atoms with van der Waals surface area (Å²) in [4.78, 5) is -0.940. The first-order chi connectivity index (χ1) is 13.9. The maximum atomic E-state index is 14.0. The van der Waals surface area contributed by atoms with Gasteiger partial charge in [-0.25, -0.2) is 21.6 Å². The molecule has 0 spiro atoms. The molecule has 1 aromatic heterocycles. The van der Waals surface area contributed by atoms with Gasteiger partial charge in [-0.1, -0.05) is 29.5 Å². The fraction of sp³-hybridized carbons (Fsp3) is 0.263. The molecule has 10 heteroatoms. The van der Waals surface area contributed by atoms with Gasteiger partial charge in [0, 0.05) is 24.6 Å². The lowest BCUT2D eigenvalue weighted by Gasteiger charge is -2.30. The molecule has 0 bridgehead atoms. The van der Waals surface area contributed by atoms with Gasteiger partial charge in [-0.3, -0.25) is 0 Å². The normalized spacial score (nSPS) is 18.1. The number of benzene rings is 2. The minimum atomic E-state index is -4.34. The van der Waals surface area contributed by atoms with E-state index >= 15 is 0 Å². The van der Waals surface area contributed by atoms with Gasteiger partial charge in [-0.15, -0.1) is 10.2 Å². The van der Waals surface area contributed by atoms with Gasteiger partial charge < -0.3 is 0 Å². The van der Waals surface area contributed by atoms with E-state index in [0.29, 0.717) is 28.4 Å². The Hall–Kier alpha value is -2.30. The summed E-state index contributed by atoms with van der Waals surface area (Å²) in [6, 6.07) is 9.15. The van der Waals surface area contributed by atoms with Crippen LogP contribution in [-0.4, -0.2) is 36.0 Å². The van der Waals surface area contributed by atoms with E-state index in [2.05, 4.69) is 10.2 Å². The second kappa shape index (κ2) is 7.85. The number of hydrogen-bond donors (Lipinski definition) is 0. The molecule has 4 rings (SSSR count). The molecule has 1 saturated heterocycles. The van der Waals surface area contributed by atoms with Crippen molar-refractivity contribution >= 4 is 21.4 Å². The van der Waals surface area contributed by atoms with Gasteiger partial charge in [0.25, 0.3) is 0 Å². The Balaban J connectivity index is 1.60. The van der Waals surface area contributed by atoms with Gasteiger partial charge in [-0.2, -0.15) is 4.31 Å². The SMILES string of the molecule is O=S(=O)(c1c(F)cccc1F)N1CCCC(c2nnc(-c3ccccc3F)s2)C1. The molecule has 0 saturated carbocycles. The highest BCUT2D eigenvalue weighted by Crippen LogP contribution is 2.35. The van der Waals surface area contributed by atoms with Crippen molar-refractivity contribution in [1.29, 1.82) is 0 Å². The molecule has 3 aromatic rings. The predicted octanol–water partition coefficient (Wildman–Crippen LogP) is 4.19. The van der Waals surface area contributed by atoms with Crippen molar-refractivity contribution in [3.05, 3.63) is 64.9 Å². The molecule has 1 aliphatic rings. The van der Waals surface area contributed by atoms with Crippen LogP contribution in [0.5, 0.6) is 0 Å². The van der Waals surface area contributed by atoms with Gasteiger partial charge in [0.1, 0.15) is 22.5 Å². The zero-order chi connectivity index (χ0) is 20.6. The van der Waals surface area contributed by atoms with E-state index in [1.165, 1.54) is 17.4 Å². The zero-order valence-corrected chi connectivity index (χ0v) is 16.7. The third kappa shape index (κ3) is 3.79. The van der Waals surface area contributed by atoms with Crippen LogP contribution < -0.4 is 0 Å². The molecule has 1 aliphatic heterocycles. The van der Waals surface area contributed by atoms with Gasteiger partial charge in [0.2, 0.25) is 10.0 Å². The molecule has 2 heterocycles. The molecule has 0 aliphatic carbocycles. The Labute approximate surface area is 169 Å². The number of aromatic nitrogens is 2. The lowest BCUT2D eigenvalue weighted by molar-refractivity contribution is 0.312. The molecule has 0 N–H and O–H groups in total. The molecular weight excluding hydrogens is 423 g/mol. The molecule has 5 nitrogen and oxygen atoms in total. The second-order valence-electron chi connectivity index (χ2n) is 6.68. The quantitative estimate of drug-likeness (QED) is 0.612. The maximum Gasteiger partial charge on any atom is 0.248 e. The zero-order valence-electron chi connectivity index (χ0n) is 15.1. The minimum Gasteiger partial charge on any atom is -0.207 e. The summed E-state index contributed by atoms with van der Waals surface area (Å²) in [5, 5.41) is 9.12. The molecular formula is C19H16F3N3O2S2. The standard InChI is InChI=1S/C19H16F3N3O2S2/c20-14-7-2-1-6-13(14)19-24-23-18(28-19)12-5-4-10-25(11-12)29(26,27)17-15(21)8-3-9-16(17)22/h1-3,6-9,12H,4-5,10-11H2. The number of hydrogen-bond acceptors (Lipinski definition) is 5. The Kier molecular flexibility index (Phi) is 5.41. The Morgan fingerprint density at radius 3 is 2.38 bits per heavy atom. The number of piperidine rings is 1. The van der Waals surface area contributed by atoms with Crippen molar-refractivity contribution < 1.29 is 21.6 Å². The average molecular weight is 439 g/mol. The summed E-state index contributed by atoms with van der Waals surface area (Å²) in [6.45, 7) is 0.188. The Morgan fingerprint density at radius 2 is 1.66 bits per heavy atom. The molecule has 1 atom stereocenters. The monoisotopic (exact) mass is 439 g/mol. The highest BCUT2D eigenvalue weighted by atomic mass is 32.2. The third-order valence-corrected chi connectivity index (χ3v) is 7.83. The van der Waals surface area contributed by atoms with E-state index in [1.54, 1.807) is 18.2 Å². The lowest BCUT2D eigenvalue weighted by atomic mass is 10.0. The van der Waals surface area contributed by atoms with Crippen LogP contribution in [0, 0.1) is 17.5 Å². The Bertz CT molecular complexity index is 1130. The highest BCUT2D eigenvalue weighted by Gasteiger charge is 2.35. The molecule has 29 heavy (non-hydrogen) atoms. The van der Waals surface area contributed by atoms with Crippen LogP contribution >= 0.6 is 11.3 Å². The number of nitrogens with zero attached hydrogens (tertiary/aromatic N) is 3. The predicted molar refractivity (Wildman–Crippen MR) is 102 cm³/mol. The third-order valence-electron chi connectivity index (χ3n) is 4.80. The largest absolute Gasteiger partial charge is 0.248 e. The van der Waals surface area contributed by atoms with Gasteiger partial charge >= 0.3 is 0 Å². The van der Waals surface area contributed by atoms with Crippen molar-refractivity contribution in [2.75, 3.05) is 13.1 Å². The van der Waals surface area contributed by atoms with E-state index in [0.717, 1.165) is 22.5 Å². The van der Waals surface area contributed by atoms with Crippen molar-refractivity contribution in [2.45, 2.75) is 23.7 Å². The molecule has 2 aromatic carbocycles. The topological polar surface area (TPSA) is 63.2 Å². The van der Waals surface area contributed by atoms with Crippen LogP contribution in [0.1, 0.15) is 23.8 Å². The maximum absolute atomic E-state index is 14.0. The highest BCUT2D eigenvalue weighted by molar-refractivity contribution is 7.89. The number of halogens is 3. The fourth-order valence-electron chi connectivity index (χ4n) is 3.36. The van der Waals surface area contributed by atoms with Crippen LogP contribution in [0.4, 0.5) is 13.2 Å². The van der Waals surface area contributed by atoms with Gasteiger partial charge in [0.05, 0.1) is 0 Å². The fourth-order valence-corrected chi connectivity index (χ4v) is 5.99. The smallest absolute Gasteiger partial charge is 0.207 e. The molecule has 1 fully saturated rings. The Morgan fingerprint density at radius 1 is 0.966 bits per heavy atom. The van der Waals surface area contributed by atoms with Gasteiger partial charge in [-0.05, 0) is 37.1 Å². The molecule has 152 valence electrons. The number of rotatable bonds is 4. The van der Waals surface area contributed by atoms with Crippen molar-refractivity contribution in [3.8, 4) is 10.6 Å². The van der Waals surface area contributed by atoms with Gasteiger partial charge in [0.15, 0.2) is 9.90 Å². The molecule has 0 amide bonds. The van der Waals surface area contributed by atoms with E-state index < -0.39 is 32.4 Å². The molecule has 0 radical (unpaired) electrons. The molecule has 1 unspecified atom stereocenters. The summed E-state index contributed by atoms with van der Waals surface area (Å²) in [6.07, 6.45) is 1.16. The first-order valence-corrected chi connectivity index (χ1v) is 11.2. The van der Waals surface area contributed by atoms with Crippen LogP contribution in [0.3, 0.4) is 0 Å². The lowest BCUT2D eigenvalue weighted by Crippen LogP contribution is -2.39. The van der Waals surface area contributed by atoms with E-state index in [-0.39, 0.29) is 19.0 Å². The number of sulfonamides is 1. The van der Waals surface area contributed by atoms with E-state index in [1.807, 2.05) is 0 Å². The van der Waals surface area contributed by atoms with Crippen molar-refractivity contribution in [2.24, 2.45) is 0 Å².